The van der Waals surface area contributed by atoms with Gasteiger partial charge in [0.1, 0.15) is 5.75 Å². The number of carbonyl (C=O) groups is 1. The molecule has 24 heavy (non-hydrogen) atoms. The van der Waals surface area contributed by atoms with Crippen LogP contribution >= 0.6 is 0 Å². The van der Waals surface area contributed by atoms with Crippen LogP contribution in [0.5, 0.6) is 5.75 Å². The van der Waals surface area contributed by atoms with E-state index in [2.05, 4.69) is 4.98 Å². The standard InChI is InChI=1S/C20H17NO3/c22-19(23)13-15-8-10-18(11-9-15)24-20(16-5-2-1-3-6-16)17-7-4-12-21-14-17/h1-12,14,20H,13H2,(H,22,23). The predicted molar refractivity (Wildman–Crippen MR) is 90.9 cm³/mol. The zero-order chi connectivity index (χ0) is 16.8. The Bertz CT molecular complexity index is 747. The number of carboxylic acids is 1. The summed E-state index contributed by atoms with van der Waals surface area (Å²) in [5, 5.41) is 8.84. The number of benzene rings is 2. The fourth-order valence-electron chi connectivity index (χ4n) is 2.48. The lowest BCUT2D eigenvalue weighted by Gasteiger charge is -2.20. The van der Waals surface area contributed by atoms with E-state index in [0.717, 1.165) is 16.7 Å². The Hall–Kier alpha value is -3.14. The second-order valence-electron chi connectivity index (χ2n) is 5.41. The second kappa shape index (κ2) is 7.42. The third kappa shape index (κ3) is 3.98. The molecule has 0 bridgehead atoms. The van der Waals surface area contributed by atoms with Crippen LogP contribution in [0.25, 0.3) is 0 Å². The summed E-state index contributed by atoms with van der Waals surface area (Å²) in [6.45, 7) is 0. The molecule has 1 N–H and O–H groups in total. The summed E-state index contributed by atoms with van der Waals surface area (Å²) in [5.74, 6) is -0.164. The van der Waals surface area contributed by atoms with Gasteiger partial charge in [-0.05, 0) is 29.3 Å². The van der Waals surface area contributed by atoms with E-state index in [1.165, 1.54) is 0 Å². The Morgan fingerprint density at radius 1 is 0.958 bits per heavy atom. The Kier molecular flexibility index (Phi) is 4.87. The molecule has 2 aromatic carbocycles. The summed E-state index contributed by atoms with van der Waals surface area (Å²) >= 11 is 0. The Labute approximate surface area is 140 Å². The fourth-order valence-corrected chi connectivity index (χ4v) is 2.48. The molecule has 1 aromatic heterocycles. The first kappa shape index (κ1) is 15.7. The zero-order valence-corrected chi connectivity index (χ0v) is 13.0. The molecule has 0 aliphatic carbocycles. The van der Waals surface area contributed by atoms with Crippen molar-refractivity contribution < 1.29 is 14.6 Å². The lowest BCUT2D eigenvalue weighted by molar-refractivity contribution is -0.136. The van der Waals surface area contributed by atoms with Crippen LogP contribution in [0.4, 0.5) is 0 Å². The minimum atomic E-state index is -0.846. The van der Waals surface area contributed by atoms with Crippen LogP contribution in [0.15, 0.2) is 79.1 Å². The van der Waals surface area contributed by atoms with Gasteiger partial charge in [0.15, 0.2) is 6.10 Å². The van der Waals surface area contributed by atoms with E-state index in [4.69, 9.17) is 9.84 Å². The summed E-state index contributed by atoms with van der Waals surface area (Å²) in [6, 6.07) is 20.9. The van der Waals surface area contributed by atoms with Crippen molar-refractivity contribution in [2.24, 2.45) is 0 Å². The monoisotopic (exact) mass is 319 g/mol. The van der Waals surface area contributed by atoms with Crippen molar-refractivity contribution in [1.29, 1.82) is 0 Å². The van der Waals surface area contributed by atoms with Crippen molar-refractivity contribution in [3.8, 4) is 5.75 Å². The maximum Gasteiger partial charge on any atom is 0.307 e. The molecular weight excluding hydrogens is 302 g/mol. The Balaban J connectivity index is 1.86. The molecule has 0 radical (unpaired) electrons. The van der Waals surface area contributed by atoms with Gasteiger partial charge < -0.3 is 9.84 Å². The summed E-state index contributed by atoms with van der Waals surface area (Å²) in [5.41, 5.74) is 2.73. The largest absolute Gasteiger partial charge is 0.481 e. The van der Waals surface area contributed by atoms with Gasteiger partial charge in [-0.25, -0.2) is 0 Å². The highest BCUT2D eigenvalue weighted by Crippen LogP contribution is 2.28. The van der Waals surface area contributed by atoms with E-state index in [-0.39, 0.29) is 12.5 Å². The maximum absolute atomic E-state index is 10.8. The molecule has 120 valence electrons. The van der Waals surface area contributed by atoms with Gasteiger partial charge >= 0.3 is 5.97 Å². The van der Waals surface area contributed by atoms with Crippen LogP contribution in [-0.4, -0.2) is 16.1 Å². The molecule has 0 aliphatic rings. The number of carboxylic acid groups (broad SMARTS) is 1. The number of hydrogen-bond donors (Lipinski definition) is 1. The van der Waals surface area contributed by atoms with Gasteiger partial charge in [0.25, 0.3) is 0 Å². The number of aliphatic carboxylic acids is 1. The number of rotatable bonds is 6. The molecule has 1 atom stereocenters. The van der Waals surface area contributed by atoms with Gasteiger partial charge in [-0.15, -0.1) is 0 Å². The van der Waals surface area contributed by atoms with Gasteiger partial charge in [-0.1, -0.05) is 48.5 Å². The molecular formula is C20H17NO3. The molecule has 0 saturated carbocycles. The number of hydrogen-bond acceptors (Lipinski definition) is 3. The molecule has 0 aliphatic heterocycles. The van der Waals surface area contributed by atoms with E-state index in [1.54, 1.807) is 36.7 Å². The second-order valence-corrected chi connectivity index (χ2v) is 5.41. The maximum atomic E-state index is 10.8. The minimum absolute atomic E-state index is 0.00496. The van der Waals surface area contributed by atoms with E-state index >= 15 is 0 Å². The number of ether oxygens (including phenoxy) is 1. The molecule has 0 amide bonds. The molecule has 1 unspecified atom stereocenters. The van der Waals surface area contributed by atoms with E-state index in [1.807, 2.05) is 42.5 Å². The molecule has 4 nitrogen and oxygen atoms in total. The van der Waals surface area contributed by atoms with Crippen LogP contribution < -0.4 is 4.74 Å². The smallest absolute Gasteiger partial charge is 0.307 e. The van der Waals surface area contributed by atoms with Crippen LogP contribution in [0.3, 0.4) is 0 Å². The molecule has 0 saturated heterocycles. The third-order valence-corrected chi connectivity index (χ3v) is 3.62. The van der Waals surface area contributed by atoms with Crippen molar-refractivity contribution in [2.45, 2.75) is 12.5 Å². The van der Waals surface area contributed by atoms with Gasteiger partial charge in [0.2, 0.25) is 0 Å². The lowest BCUT2D eigenvalue weighted by Crippen LogP contribution is -2.09. The topological polar surface area (TPSA) is 59.4 Å². The quantitative estimate of drug-likeness (QED) is 0.749. The van der Waals surface area contributed by atoms with Gasteiger partial charge in [-0.3, -0.25) is 9.78 Å². The van der Waals surface area contributed by atoms with Crippen LogP contribution in [0.1, 0.15) is 22.8 Å². The summed E-state index contributed by atoms with van der Waals surface area (Å²) < 4.78 is 6.16. The van der Waals surface area contributed by atoms with Crippen LogP contribution in [-0.2, 0) is 11.2 Å². The van der Waals surface area contributed by atoms with Crippen LogP contribution in [0.2, 0.25) is 0 Å². The molecule has 1 heterocycles. The van der Waals surface area contributed by atoms with Crippen molar-refractivity contribution >= 4 is 5.97 Å². The zero-order valence-electron chi connectivity index (χ0n) is 13.0. The van der Waals surface area contributed by atoms with Gasteiger partial charge in [-0.2, -0.15) is 0 Å². The molecule has 0 spiro atoms. The number of pyridine rings is 1. The van der Waals surface area contributed by atoms with Gasteiger partial charge in [0, 0.05) is 18.0 Å². The highest BCUT2D eigenvalue weighted by Gasteiger charge is 2.16. The molecule has 0 fully saturated rings. The van der Waals surface area contributed by atoms with Crippen molar-refractivity contribution in [2.75, 3.05) is 0 Å². The number of aromatic nitrogens is 1. The normalized spacial score (nSPS) is 11.7. The average Bonchev–Trinajstić information content (AvgIpc) is 2.62. The molecule has 3 aromatic rings. The number of nitrogens with zero attached hydrogens (tertiary/aromatic N) is 1. The average molecular weight is 319 g/mol. The third-order valence-electron chi connectivity index (χ3n) is 3.62. The van der Waals surface area contributed by atoms with Crippen molar-refractivity contribution in [3.05, 3.63) is 95.8 Å². The first-order valence-electron chi connectivity index (χ1n) is 7.64. The van der Waals surface area contributed by atoms with Crippen molar-refractivity contribution in [1.82, 2.24) is 4.98 Å². The lowest BCUT2D eigenvalue weighted by atomic mass is 10.0. The Morgan fingerprint density at radius 2 is 1.67 bits per heavy atom. The molecule has 4 heteroatoms. The van der Waals surface area contributed by atoms with E-state index < -0.39 is 5.97 Å². The SMILES string of the molecule is O=C(O)Cc1ccc(OC(c2ccccc2)c2cccnc2)cc1. The highest BCUT2D eigenvalue weighted by atomic mass is 16.5. The first-order valence-corrected chi connectivity index (χ1v) is 7.64. The first-order chi connectivity index (χ1) is 11.7. The summed E-state index contributed by atoms with van der Waals surface area (Å²) in [7, 11) is 0. The minimum Gasteiger partial charge on any atom is -0.481 e. The summed E-state index contributed by atoms with van der Waals surface area (Å²) in [6.07, 6.45) is 3.25. The highest BCUT2D eigenvalue weighted by molar-refractivity contribution is 5.70. The Morgan fingerprint density at radius 3 is 2.29 bits per heavy atom. The van der Waals surface area contributed by atoms with Crippen LogP contribution in [0, 0.1) is 0 Å². The van der Waals surface area contributed by atoms with E-state index in [0.29, 0.717) is 5.75 Å². The van der Waals surface area contributed by atoms with E-state index in [9.17, 15) is 4.79 Å². The predicted octanol–water partition coefficient (Wildman–Crippen LogP) is 3.88. The summed E-state index contributed by atoms with van der Waals surface area (Å²) in [4.78, 5) is 14.9. The van der Waals surface area contributed by atoms with Crippen molar-refractivity contribution in [3.63, 3.8) is 0 Å². The van der Waals surface area contributed by atoms with Gasteiger partial charge in [0.05, 0.1) is 6.42 Å². The molecule has 3 rings (SSSR count). The fraction of sp³-hybridized carbons (Fsp3) is 0.100.